The molecule has 0 unspecified atom stereocenters. The van der Waals surface area contributed by atoms with E-state index in [0.29, 0.717) is 42.1 Å². The van der Waals surface area contributed by atoms with E-state index in [1.807, 2.05) is 19.1 Å². The molecule has 3 N–H and O–H groups in total. The maximum Gasteiger partial charge on any atom is 0.299 e. The quantitative estimate of drug-likeness (QED) is 0.411. The number of hydrogen-bond donors (Lipinski definition) is 3. The number of thiazole rings is 1. The third kappa shape index (κ3) is 5.50. The number of imidazole rings is 1. The van der Waals surface area contributed by atoms with Gasteiger partial charge in [0.25, 0.3) is 11.9 Å². The van der Waals surface area contributed by atoms with Gasteiger partial charge in [0.1, 0.15) is 11.6 Å². The average Bonchev–Trinajstić information content (AvgIpc) is 3.31. The summed E-state index contributed by atoms with van der Waals surface area (Å²) in [5.74, 6) is 0.116. The Morgan fingerprint density at radius 2 is 2.10 bits per heavy atom. The Morgan fingerprint density at radius 3 is 2.73 bits per heavy atom. The van der Waals surface area contributed by atoms with Crippen LogP contribution in [0.1, 0.15) is 32.4 Å². The number of carbonyl (C=O) groups is 1. The first-order valence-electron chi connectivity index (χ1n) is 9.47. The number of halogens is 1. The molecule has 3 rings (SSSR count). The Bertz CT molecular complexity index is 987. The standard InChI is InChI=1S/C20H24ClN5O3S/c1-13-10-24-16(30-13)12-29-20-25-18(22-2)17(19(28)23-8-3-9-27)26(20)11-14-4-6-15(21)7-5-14/h4-7,10,22,27H,3,8-9,11-12H2,1-2H3,(H,23,28). The van der Waals surface area contributed by atoms with E-state index < -0.39 is 0 Å². The summed E-state index contributed by atoms with van der Waals surface area (Å²) in [7, 11) is 1.70. The number of amides is 1. The molecule has 1 aromatic carbocycles. The zero-order valence-corrected chi connectivity index (χ0v) is 18.4. The number of rotatable bonds is 10. The van der Waals surface area contributed by atoms with E-state index in [1.165, 1.54) is 0 Å². The summed E-state index contributed by atoms with van der Waals surface area (Å²) in [4.78, 5) is 22.8. The zero-order valence-electron chi connectivity index (χ0n) is 16.8. The van der Waals surface area contributed by atoms with Crippen molar-refractivity contribution in [1.82, 2.24) is 19.9 Å². The Kier molecular flexibility index (Phi) is 7.67. The SMILES string of the molecule is CNc1nc(OCc2ncc(C)s2)n(Cc2ccc(Cl)cc2)c1C(=O)NCCCO. The van der Waals surface area contributed by atoms with Crippen molar-refractivity contribution in [1.29, 1.82) is 0 Å². The van der Waals surface area contributed by atoms with E-state index in [0.717, 1.165) is 15.4 Å². The van der Waals surface area contributed by atoms with Crippen LogP contribution in [0.15, 0.2) is 30.5 Å². The summed E-state index contributed by atoms with van der Waals surface area (Å²) >= 11 is 7.55. The summed E-state index contributed by atoms with van der Waals surface area (Å²) < 4.78 is 7.67. The number of nitrogens with one attached hydrogen (secondary N) is 2. The maximum atomic E-state index is 12.9. The van der Waals surface area contributed by atoms with Gasteiger partial charge in [-0.05, 0) is 31.0 Å². The molecule has 0 aliphatic rings. The second-order valence-corrected chi connectivity index (χ2v) is 8.30. The van der Waals surface area contributed by atoms with E-state index in [9.17, 15) is 4.79 Å². The normalized spacial score (nSPS) is 10.8. The number of anilines is 1. The average molecular weight is 450 g/mol. The molecule has 10 heteroatoms. The number of aliphatic hydroxyl groups is 1. The lowest BCUT2D eigenvalue weighted by Crippen LogP contribution is -2.28. The number of ether oxygens (including phenoxy) is 1. The van der Waals surface area contributed by atoms with Gasteiger partial charge in [0.15, 0.2) is 11.5 Å². The minimum atomic E-state index is -0.297. The fourth-order valence-corrected chi connectivity index (χ4v) is 3.65. The highest BCUT2D eigenvalue weighted by Gasteiger charge is 2.24. The minimum absolute atomic E-state index is 0.00476. The van der Waals surface area contributed by atoms with Crippen LogP contribution < -0.4 is 15.4 Å². The molecule has 0 bridgehead atoms. The van der Waals surface area contributed by atoms with Crippen LogP contribution >= 0.6 is 22.9 Å². The number of carbonyl (C=O) groups excluding carboxylic acids is 1. The minimum Gasteiger partial charge on any atom is -0.457 e. The van der Waals surface area contributed by atoms with Crippen LogP contribution in [0.4, 0.5) is 5.82 Å². The van der Waals surface area contributed by atoms with Crippen LogP contribution in [-0.2, 0) is 13.2 Å². The van der Waals surface area contributed by atoms with Gasteiger partial charge in [-0.15, -0.1) is 11.3 Å². The van der Waals surface area contributed by atoms with Crippen molar-refractivity contribution >= 4 is 34.7 Å². The van der Waals surface area contributed by atoms with Gasteiger partial charge in [0.05, 0.1) is 6.54 Å². The van der Waals surface area contributed by atoms with Crippen LogP contribution in [-0.4, -0.2) is 45.7 Å². The second kappa shape index (κ2) is 10.4. The molecule has 0 fully saturated rings. The molecular formula is C20H24ClN5O3S. The van der Waals surface area contributed by atoms with Crippen LogP contribution in [0.5, 0.6) is 6.01 Å². The summed E-state index contributed by atoms with van der Waals surface area (Å²) in [6.45, 7) is 2.98. The lowest BCUT2D eigenvalue weighted by Gasteiger charge is -2.13. The van der Waals surface area contributed by atoms with Gasteiger partial charge in [0, 0.05) is 36.3 Å². The largest absolute Gasteiger partial charge is 0.457 e. The molecular weight excluding hydrogens is 426 g/mol. The molecule has 0 atom stereocenters. The van der Waals surface area contributed by atoms with E-state index in [4.69, 9.17) is 21.4 Å². The van der Waals surface area contributed by atoms with Crippen molar-refractivity contribution in [2.75, 3.05) is 25.5 Å². The molecule has 8 nitrogen and oxygen atoms in total. The highest BCUT2D eigenvalue weighted by Crippen LogP contribution is 2.26. The van der Waals surface area contributed by atoms with Crippen molar-refractivity contribution in [2.45, 2.75) is 26.5 Å². The van der Waals surface area contributed by atoms with Crippen molar-refractivity contribution in [3.63, 3.8) is 0 Å². The lowest BCUT2D eigenvalue weighted by molar-refractivity contribution is 0.0941. The van der Waals surface area contributed by atoms with Crippen molar-refractivity contribution in [2.24, 2.45) is 0 Å². The van der Waals surface area contributed by atoms with E-state index >= 15 is 0 Å². The Labute approximate surface area is 183 Å². The number of aliphatic hydroxyl groups excluding tert-OH is 1. The molecule has 3 aromatic rings. The molecule has 0 saturated heterocycles. The first-order chi connectivity index (χ1) is 14.5. The predicted molar refractivity (Wildman–Crippen MR) is 118 cm³/mol. The number of nitrogens with zero attached hydrogens (tertiary/aromatic N) is 3. The lowest BCUT2D eigenvalue weighted by atomic mass is 10.2. The van der Waals surface area contributed by atoms with Gasteiger partial charge < -0.3 is 20.5 Å². The van der Waals surface area contributed by atoms with Gasteiger partial charge in [0.2, 0.25) is 0 Å². The maximum absolute atomic E-state index is 12.9. The first-order valence-corrected chi connectivity index (χ1v) is 10.7. The molecule has 2 aromatic heterocycles. The fourth-order valence-electron chi connectivity index (χ4n) is 2.83. The number of aryl methyl sites for hydroxylation is 1. The summed E-state index contributed by atoms with van der Waals surface area (Å²) in [5.41, 5.74) is 1.30. The van der Waals surface area contributed by atoms with E-state index in [2.05, 4.69) is 20.6 Å². The monoisotopic (exact) mass is 449 g/mol. The summed E-state index contributed by atoms with van der Waals surface area (Å²) in [6, 6.07) is 7.69. The molecule has 30 heavy (non-hydrogen) atoms. The summed E-state index contributed by atoms with van der Waals surface area (Å²) in [6.07, 6.45) is 2.27. The van der Waals surface area contributed by atoms with Crippen molar-refractivity contribution in [3.8, 4) is 6.01 Å². The molecule has 160 valence electrons. The van der Waals surface area contributed by atoms with E-state index in [-0.39, 0.29) is 19.1 Å². The third-order valence-electron chi connectivity index (χ3n) is 4.25. The van der Waals surface area contributed by atoms with Gasteiger partial charge in [-0.1, -0.05) is 23.7 Å². The smallest absolute Gasteiger partial charge is 0.299 e. The Morgan fingerprint density at radius 1 is 1.33 bits per heavy atom. The highest BCUT2D eigenvalue weighted by molar-refractivity contribution is 7.11. The third-order valence-corrected chi connectivity index (χ3v) is 5.39. The van der Waals surface area contributed by atoms with Gasteiger partial charge >= 0.3 is 0 Å². The molecule has 1 amide bonds. The predicted octanol–water partition coefficient (Wildman–Crippen LogP) is 3.08. The van der Waals surface area contributed by atoms with Gasteiger partial charge in [-0.2, -0.15) is 4.98 Å². The number of benzene rings is 1. The Hall–Kier alpha value is -2.62. The molecule has 0 saturated carbocycles. The zero-order chi connectivity index (χ0) is 21.5. The first kappa shape index (κ1) is 22.1. The summed E-state index contributed by atoms with van der Waals surface area (Å²) in [5, 5.41) is 16.2. The molecule has 0 spiro atoms. The van der Waals surface area contributed by atoms with Crippen molar-refractivity contribution < 1.29 is 14.6 Å². The van der Waals surface area contributed by atoms with Crippen LogP contribution in [0.25, 0.3) is 0 Å². The fraction of sp³-hybridized carbons (Fsp3) is 0.350. The van der Waals surface area contributed by atoms with Crippen LogP contribution in [0, 0.1) is 6.92 Å². The number of aromatic nitrogens is 3. The van der Waals surface area contributed by atoms with Gasteiger partial charge in [-0.3, -0.25) is 9.36 Å². The topological polar surface area (TPSA) is 101 Å². The van der Waals surface area contributed by atoms with Crippen LogP contribution in [0.2, 0.25) is 5.02 Å². The molecule has 0 radical (unpaired) electrons. The second-order valence-electron chi connectivity index (χ2n) is 6.54. The number of hydrogen-bond acceptors (Lipinski definition) is 7. The molecule has 0 aliphatic heterocycles. The van der Waals surface area contributed by atoms with Gasteiger partial charge in [-0.25, -0.2) is 4.98 Å². The Balaban J connectivity index is 1.92. The highest BCUT2D eigenvalue weighted by atomic mass is 35.5. The molecule has 2 heterocycles. The van der Waals surface area contributed by atoms with Crippen LogP contribution in [0.3, 0.4) is 0 Å². The van der Waals surface area contributed by atoms with Crippen molar-refractivity contribution in [3.05, 3.63) is 56.6 Å². The van der Waals surface area contributed by atoms with E-state index in [1.54, 1.807) is 41.3 Å². The molecule has 0 aliphatic carbocycles.